The quantitative estimate of drug-likeness (QED) is 0.533. The zero-order chi connectivity index (χ0) is 21.6. The van der Waals surface area contributed by atoms with Crippen LogP contribution >= 0.6 is 0 Å². The van der Waals surface area contributed by atoms with Crippen LogP contribution in [0.25, 0.3) is 0 Å². The Morgan fingerprint density at radius 2 is 2.00 bits per heavy atom. The van der Waals surface area contributed by atoms with E-state index in [-0.39, 0.29) is 11.5 Å². The smallest absolute Gasteiger partial charge is 0.208 e. The summed E-state index contributed by atoms with van der Waals surface area (Å²) in [6, 6.07) is 0. The summed E-state index contributed by atoms with van der Waals surface area (Å²) in [5.74, 6) is 4.46. The van der Waals surface area contributed by atoms with Gasteiger partial charge < -0.3 is 20.1 Å². The highest BCUT2D eigenvalue weighted by Crippen LogP contribution is 2.65. The number of aliphatic hydroxyl groups is 1. The highest BCUT2D eigenvalue weighted by atomic mass is 16.6. The van der Waals surface area contributed by atoms with Gasteiger partial charge in [-0.2, -0.15) is 0 Å². The molecule has 31 heavy (non-hydrogen) atoms. The minimum Gasteiger partial charge on any atom is -0.444 e. The number of hydrogen-bond donors (Lipinski definition) is 2. The van der Waals surface area contributed by atoms with Crippen LogP contribution in [0.3, 0.4) is 0 Å². The van der Waals surface area contributed by atoms with Crippen molar-refractivity contribution in [3.63, 3.8) is 0 Å². The number of fused-ring (bicyclic) bond motifs is 5. The molecule has 3 N–H and O–H groups in total. The molecule has 172 valence electrons. The highest BCUT2D eigenvalue weighted by molar-refractivity contribution is 5.85. The molecule has 1 heterocycles. The van der Waals surface area contributed by atoms with E-state index in [0.717, 1.165) is 48.7 Å². The third-order valence-corrected chi connectivity index (χ3v) is 9.86. The normalized spacial score (nSPS) is 43.4. The molecule has 4 aliphatic rings. The van der Waals surface area contributed by atoms with E-state index >= 15 is 0 Å². The molecule has 4 aliphatic carbocycles. The van der Waals surface area contributed by atoms with Crippen molar-refractivity contribution in [3.05, 3.63) is 17.8 Å². The standard InChI is InChI=1S/C25H39N3O3/c1-24-10-7-17(28-30-12-9-18-15-27-23(14-26)31-18)13-16(24)3-4-19-20-5-6-22(29)25(20,2)11-8-21(19)24/h15-16,19-22,29H,3-14,26H2,1-2H3/t16?,19?,20?,21?,22-,24-,25-/m0/s1. The van der Waals surface area contributed by atoms with E-state index in [4.69, 9.17) is 15.0 Å². The Bertz CT molecular complexity index is 823. The van der Waals surface area contributed by atoms with E-state index in [0.29, 0.717) is 30.9 Å². The molecule has 1 aromatic heterocycles. The molecular formula is C25H39N3O3. The fraction of sp³-hybridized carbons (Fsp3) is 0.840. The van der Waals surface area contributed by atoms with E-state index < -0.39 is 0 Å². The molecular weight excluding hydrogens is 390 g/mol. The minimum absolute atomic E-state index is 0.0786. The molecule has 1 aromatic rings. The number of aliphatic hydroxyl groups excluding tert-OH is 1. The fourth-order valence-corrected chi connectivity index (χ4v) is 7.96. The monoisotopic (exact) mass is 429 g/mol. The van der Waals surface area contributed by atoms with Crippen molar-refractivity contribution >= 4 is 5.71 Å². The molecule has 0 amide bonds. The van der Waals surface area contributed by atoms with E-state index in [1.807, 2.05) is 0 Å². The van der Waals surface area contributed by atoms with Crippen LogP contribution in [0.1, 0.15) is 83.3 Å². The van der Waals surface area contributed by atoms with Crippen LogP contribution in [0.4, 0.5) is 0 Å². The van der Waals surface area contributed by atoms with Crippen molar-refractivity contribution in [2.24, 2.45) is 45.4 Å². The first-order chi connectivity index (χ1) is 14.9. The maximum absolute atomic E-state index is 10.7. The van der Waals surface area contributed by atoms with Crippen molar-refractivity contribution in [1.82, 2.24) is 4.98 Å². The minimum atomic E-state index is -0.0786. The molecule has 6 heteroatoms. The Hall–Kier alpha value is -1.40. The van der Waals surface area contributed by atoms with Gasteiger partial charge in [-0.25, -0.2) is 4.98 Å². The van der Waals surface area contributed by atoms with Crippen LogP contribution < -0.4 is 5.73 Å². The topological polar surface area (TPSA) is 93.9 Å². The van der Waals surface area contributed by atoms with Crippen molar-refractivity contribution in [1.29, 1.82) is 0 Å². The van der Waals surface area contributed by atoms with Gasteiger partial charge in [0.05, 0.1) is 24.6 Å². The third-order valence-electron chi connectivity index (χ3n) is 9.86. The van der Waals surface area contributed by atoms with E-state index in [1.165, 1.54) is 44.2 Å². The zero-order valence-electron chi connectivity index (χ0n) is 19.2. The Kier molecular flexibility index (Phi) is 5.66. The lowest BCUT2D eigenvalue weighted by Crippen LogP contribution is -2.54. The highest BCUT2D eigenvalue weighted by Gasteiger charge is 2.59. The summed E-state index contributed by atoms with van der Waals surface area (Å²) in [7, 11) is 0. The lowest BCUT2D eigenvalue weighted by atomic mass is 9.45. The molecule has 4 saturated carbocycles. The number of hydrogen-bond acceptors (Lipinski definition) is 6. The SMILES string of the molecule is C[C@]12CCC(=NOCCc3cnc(CN)o3)CC1CCC1C2CC[C@@]2(C)C1CC[C@@H]2O. The van der Waals surface area contributed by atoms with Gasteiger partial charge in [-0.15, -0.1) is 0 Å². The average Bonchev–Trinajstić information content (AvgIpc) is 3.35. The van der Waals surface area contributed by atoms with Gasteiger partial charge in [-0.3, -0.25) is 0 Å². The maximum atomic E-state index is 10.7. The van der Waals surface area contributed by atoms with Crippen LogP contribution in [0.2, 0.25) is 0 Å². The van der Waals surface area contributed by atoms with Crippen molar-refractivity contribution in [3.8, 4) is 0 Å². The summed E-state index contributed by atoms with van der Waals surface area (Å²) in [5, 5.41) is 15.2. The van der Waals surface area contributed by atoms with E-state index in [9.17, 15) is 5.11 Å². The number of aromatic nitrogens is 1. The second-order valence-corrected chi connectivity index (χ2v) is 11.2. The molecule has 0 radical (unpaired) electrons. The summed E-state index contributed by atoms with van der Waals surface area (Å²) in [4.78, 5) is 9.78. The first-order valence-corrected chi connectivity index (χ1v) is 12.4. The van der Waals surface area contributed by atoms with Gasteiger partial charge in [0.2, 0.25) is 5.89 Å². The van der Waals surface area contributed by atoms with Gasteiger partial charge in [0.25, 0.3) is 0 Å². The summed E-state index contributed by atoms with van der Waals surface area (Å²) in [5.41, 5.74) is 7.37. The van der Waals surface area contributed by atoms with E-state index in [1.54, 1.807) is 6.20 Å². The number of nitrogens with zero attached hydrogens (tertiary/aromatic N) is 2. The first-order valence-electron chi connectivity index (χ1n) is 12.4. The summed E-state index contributed by atoms with van der Waals surface area (Å²) in [6.07, 6.45) is 13.1. The number of nitrogens with two attached hydrogens (primary N) is 1. The van der Waals surface area contributed by atoms with Gasteiger partial charge in [0.15, 0.2) is 0 Å². The maximum Gasteiger partial charge on any atom is 0.208 e. The molecule has 4 unspecified atom stereocenters. The van der Waals surface area contributed by atoms with E-state index in [2.05, 4.69) is 24.0 Å². The predicted molar refractivity (Wildman–Crippen MR) is 119 cm³/mol. The Balaban J connectivity index is 1.19. The molecule has 0 spiro atoms. The first kappa shape index (κ1) is 21.4. The zero-order valence-corrected chi connectivity index (χ0v) is 19.2. The molecule has 0 aliphatic heterocycles. The molecule has 0 bridgehead atoms. The van der Waals surface area contributed by atoms with Crippen LogP contribution in [-0.4, -0.2) is 28.5 Å². The molecule has 4 fully saturated rings. The van der Waals surface area contributed by atoms with Crippen LogP contribution in [0.5, 0.6) is 0 Å². The molecule has 6 nitrogen and oxygen atoms in total. The lowest BCUT2D eigenvalue weighted by molar-refractivity contribution is -0.112. The summed E-state index contributed by atoms with van der Waals surface area (Å²) in [6.45, 7) is 5.78. The fourth-order valence-electron chi connectivity index (χ4n) is 7.96. The van der Waals surface area contributed by atoms with Gasteiger partial charge in [-0.05, 0) is 92.3 Å². The van der Waals surface area contributed by atoms with Crippen molar-refractivity contribution < 1.29 is 14.4 Å². The van der Waals surface area contributed by atoms with Crippen LogP contribution in [-0.2, 0) is 17.8 Å². The lowest BCUT2D eigenvalue weighted by Gasteiger charge is -2.60. The van der Waals surface area contributed by atoms with Crippen molar-refractivity contribution in [2.75, 3.05) is 6.61 Å². The second-order valence-electron chi connectivity index (χ2n) is 11.2. The van der Waals surface area contributed by atoms with Crippen LogP contribution in [0, 0.1) is 34.5 Å². The average molecular weight is 430 g/mol. The largest absolute Gasteiger partial charge is 0.444 e. The Morgan fingerprint density at radius 3 is 2.81 bits per heavy atom. The molecule has 7 atom stereocenters. The Morgan fingerprint density at radius 1 is 1.16 bits per heavy atom. The number of oxime groups is 1. The molecule has 0 saturated heterocycles. The second kappa shape index (κ2) is 8.18. The predicted octanol–water partition coefficient (Wildman–Crippen LogP) is 4.45. The number of rotatable bonds is 5. The third kappa shape index (κ3) is 3.64. The van der Waals surface area contributed by atoms with Crippen molar-refractivity contribution in [2.45, 2.75) is 90.7 Å². The molecule has 5 rings (SSSR count). The number of oxazole rings is 1. The van der Waals surface area contributed by atoms with Gasteiger partial charge in [-0.1, -0.05) is 19.0 Å². The Labute approximate surface area is 186 Å². The summed E-state index contributed by atoms with van der Waals surface area (Å²) < 4.78 is 5.52. The van der Waals surface area contributed by atoms with Gasteiger partial charge in [0.1, 0.15) is 12.4 Å². The summed E-state index contributed by atoms with van der Waals surface area (Å²) >= 11 is 0. The van der Waals surface area contributed by atoms with Gasteiger partial charge in [0, 0.05) is 6.42 Å². The van der Waals surface area contributed by atoms with Gasteiger partial charge >= 0.3 is 0 Å². The molecule has 0 aromatic carbocycles. The van der Waals surface area contributed by atoms with Crippen LogP contribution in [0.15, 0.2) is 15.8 Å².